The van der Waals surface area contributed by atoms with Crippen LogP contribution in [0.2, 0.25) is 0 Å². The molecule has 0 saturated carbocycles. The molecular weight excluding hydrogens is 400 g/mol. The quantitative estimate of drug-likeness (QED) is 0.605. The van der Waals surface area contributed by atoms with Crippen LogP contribution in [0.15, 0.2) is 64.0 Å². The molecule has 0 saturated heterocycles. The van der Waals surface area contributed by atoms with Crippen molar-refractivity contribution in [1.82, 2.24) is 9.46 Å². The highest BCUT2D eigenvalue weighted by molar-refractivity contribution is 7.89. The van der Waals surface area contributed by atoms with Gasteiger partial charge in [0.25, 0.3) is 0 Å². The highest BCUT2D eigenvalue weighted by Crippen LogP contribution is 2.35. The Labute approximate surface area is 176 Å². The van der Waals surface area contributed by atoms with Crippen LogP contribution in [0.1, 0.15) is 23.2 Å². The molecule has 0 spiro atoms. The van der Waals surface area contributed by atoms with Crippen molar-refractivity contribution in [3.63, 3.8) is 0 Å². The van der Waals surface area contributed by atoms with Crippen LogP contribution in [-0.2, 0) is 10.0 Å². The number of nitrogens with zero attached hydrogens (tertiary/aromatic N) is 2. The summed E-state index contributed by atoms with van der Waals surface area (Å²) in [5.74, 6) is 0.877. The van der Waals surface area contributed by atoms with Gasteiger partial charge in [0.2, 0.25) is 10.0 Å². The molecule has 6 nitrogen and oxygen atoms in total. The van der Waals surface area contributed by atoms with Gasteiger partial charge in [0.05, 0.1) is 12.8 Å². The van der Waals surface area contributed by atoms with Crippen molar-refractivity contribution < 1.29 is 17.7 Å². The van der Waals surface area contributed by atoms with Gasteiger partial charge in [-0.3, -0.25) is 0 Å². The van der Waals surface area contributed by atoms with E-state index in [1.54, 1.807) is 18.2 Å². The molecule has 4 rings (SSSR count). The van der Waals surface area contributed by atoms with E-state index in [0.29, 0.717) is 36.6 Å². The standard InChI is InChI=1S/C23H24N2O4S/c1-16-17(2)24-29-23(16)20-9-10-21(28-3)22(15-20)30(26,27)25-13-11-19(12-14-25)18-7-5-4-6-8-18/h4-11,15H,12-14H2,1-3H3. The fourth-order valence-corrected chi connectivity index (χ4v) is 5.19. The SMILES string of the molecule is COc1ccc(-c2onc(C)c2C)cc1S(=O)(=O)N1CC=C(c2ccccc2)CC1. The van der Waals surface area contributed by atoms with Crippen LogP contribution in [-0.4, -0.2) is 38.1 Å². The molecule has 0 bridgehead atoms. The molecule has 156 valence electrons. The largest absolute Gasteiger partial charge is 0.495 e. The van der Waals surface area contributed by atoms with Crippen LogP contribution in [0, 0.1) is 13.8 Å². The van der Waals surface area contributed by atoms with Crippen LogP contribution in [0.3, 0.4) is 0 Å². The summed E-state index contributed by atoms with van der Waals surface area (Å²) in [5.41, 5.74) is 4.61. The molecule has 2 aromatic carbocycles. The summed E-state index contributed by atoms with van der Waals surface area (Å²) in [5, 5.41) is 3.98. The van der Waals surface area contributed by atoms with Gasteiger partial charge in [-0.1, -0.05) is 41.6 Å². The molecular formula is C23H24N2O4S. The Morgan fingerprint density at radius 2 is 1.83 bits per heavy atom. The van der Waals surface area contributed by atoms with Gasteiger partial charge < -0.3 is 9.26 Å². The summed E-state index contributed by atoms with van der Waals surface area (Å²) < 4.78 is 39.2. The lowest BCUT2D eigenvalue weighted by Gasteiger charge is -2.26. The minimum absolute atomic E-state index is 0.132. The number of aryl methyl sites for hydroxylation is 1. The number of ether oxygens (including phenoxy) is 1. The maximum atomic E-state index is 13.5. The minimum atomic E-state index is -3.75. The van der Waals surface area contributed by atoms with Gasteiger partial charge in [-0.2, -0.15) is 4.31 Å². The van der Waals surface area contributed by atoms with Gasteiger partial charge in [-0.15, -0.1) is 0 Å². The summed E-state index contributed by atoms with van der Waals surface area (Å²) >= 11 is 0. The van der Waals surface area contributed by atoms with Crippen LogP contribution >= 0.6 is 0 Å². The van der Waals surface area contributed by atoms with E-state index in [-0.39, 0.29) is 4.90 Å². The molecule has 1 aliphatic rings. The molecule has 0 aliphatic carbocycles. The van der Waals surface area contributed by atoms with Crippen LogP contribution in [0.4, 0.5) is 0 Å². The highest BCUT2D eigenvalue weighted by Gasteiger charge is 2.30. The van der Waals surface area contributed by atoms with Crippen LogP contribution in [0.5, 0.6) is 5.75 Å². The highest BCUT2D eigenvalue weighted by atomic mass is 32.2. The van der Waals surface area contributed by atoms with Gasteiger partial charge in [-0.25, -0.2) is 8.42 Å². The Kier molecular flexibility index (Phi) is 5.49. The Morgan fingerprint density at radius 3 is 2.43 bits per heavy atom. The van der Waals surface area contributed by atoms with Crippen molar-refractivity contribution in [2.24, 2.45) is 0 Å². The predicted octanol–water partition coefficient (Wildman–Crippen LogP) is 4.45. The molecule has 0 fully saturated rings. The smallest absolute Gasteiger partial charge is 0.247 e. The second-order valence-electron chi connectivity index (χ2n) is 7.30. The first-order chi connectivity index (χ1) is 14.4. The molecule has 1 aliphatic heterocycles. The maximum Gasteiger partial charge on any atom is 0.247 e. The average Bonchev–Trinajstić information content (AvgIpc) is 3.12. The van der Waals surface area contributed by atoms with Crippen molar-refractivity contribution in [3.8, 4) is 17.1 Å². The van der Waals surface area contributed by atoms with E-state index in [0.717, 1.165) is 22.4 Å². The fraction of sp³-hybridized carbons (Fsp3) is 0.261. The normalized spacial score (nSPS) is 15.1. The first-order valence-electron chi connectivity index (χ1n) is 9.77. The van der Waals surface area contributed by atoms with E-state index in [1.165, 1.54) is 11.4 Å². The molecule has 2 heterocycles. The molecule has 0 radical (unpaired) electrons. The summed E-state index contributed by atoms with van der Waals surface area (Å²) in [6, 6.07) is 15.1. The van der Waals surface area contributed by atoms with Gasteiger partial charge in [0, 0.05) is 24.2 Å². The zero-order valence-corrected chi connectivity index (χ0v) is 18.1. The molecule has 0 N–H and O–H groups in total. The lowest BCUT2D eigenvalue weighted by molar-refractivity contribution is 0.394. The van der Waals surface area contributed by atoms with Gasteiger partial charge in [-0.05, 0) is 49.6 Å². The molecule has 0 atom stereocenters. The average molecular weight is 425 g/mol. The van der Waals surface area contributed by atoms with E-state index >= 15 is 0 Å². The number of hydrogen-bond acceptors (Lipinski definition) is 5. The third kappa shape index (κ3) is 3.66. The van der Waals surface area contributed by atoms with E-state index < -0.39 is 10.0 Å². The second-order valence-corrected chi connectivity index (χ2v) is 9.20. The third-order valence-corrected chi connectivity index (χ3v) is 7.40. The van der Waals surface area contributed by atoms with E-state index in [2.05, 4.69) is 5.16 Å². The monoisotopic (exact) mass is 424 g/mol. The summed E-state index contributed by atoms with van der Waals surface area (Å²) in [4.78, 5) is 0.132. The van der Waals surface area contributed by atoms with E-state index in [1.807, 2.05) is 50.3 Å². The first-order valence-corrected chi connectivity index (χ1v) is 11.2. The number of sulfonamides is 1. The molecule has 1 aromatic heterocycles. The number of methoxy groups -OCH3 is 1. The van der Waals surface area contributed by atoms with Gasteiger partial charge >= 0.3 is 0 Å². The Bertz CT molecular complexity index is 1200. The predicted molar refractivity (Wildman–Crippen MR) is 116 cm³/mol. The second kappa shape index (κ2) is 8.08. The fourth-order valence-electron chi connectivity index (χ4n) is 3.63. The lowest BCUT2D eigenvalue weighted by Crippen LogP contribution is -2.34. The summed E-state index contributed by atoms with van der Waals surface area (Å²) in [6.45, 7) is 4.49. The molecule has 0 unspecified atom stereocenters. The molecule has 30 heavy (non-hydrogen) atoms. The number of hydrogen-bond donors (Lipinski definition) is 0. The Hall–Kier alpha value is -2.90. The van der Waals surface area contributed by atoms with E-state index in [9.17, 15) is 8.42 Å². The summed E-state index contributed by atoms with van der Waals surface area (Å²) in [7, 11) is -2.27. The van der Waals surface area contributed by atoms with E-state index in [4.69, 9.17) is 9.26 Å². The maximum absolute atomic E-state index is 13.5. The summed E-state index contributed by atoms with van der Waals surface area (Å²) in [6.07, 6.45) is 2.64. The van der Waals surface area contributed by atoms with Crippen molar-refractivity contribution in [2.45, 2.75) is 25.2 Å². The molecule has 7 heteroatoms. The minimum Gasteiger partial charge on any atom is -0.495 e. The first kappa shape index (κ1) is 20.4. The molecule has 3 aromatic rings. The third-order valence-electron chi connectivity index (χ3n) is 5.52. The van der Waals surface area contributed by atoms with Crippen molar-refractivity contribution in [1.29, 1.82) is 0 Å². The van der Waals surface area contributed by atoms with Crippen molar-refractivity contribution in [3.05, 3.63) is 71.4 Å². The van der Waals surface area contributed by atoms with Crippen LogP contribution < -0.4 is 4.74 Å². The van der Waals surface area contributed by atoms with Crippen molar-refractivity contribution in [2.75, 3.05) is 20.2 Å². The molecule has 0 amide bonds. The zero-order valence-electron chi connectivity index (χ0n) is 17.3. The number of benzene rings is 2. The van der Waals surface area contributed by atoms with Crippen molar-refractivity contribution >= 4 is 15.6 Å². The van der Waals surface area contributed by atoms with Gasteiger partial charge in [0.1, 0.15) is 10.6 Å². The zero-order chi connectivity index (χ0) is 21.3. The Balaban J connectivity index is 1.68. The Morgan fingerprint density at radius 1 is 1.07 bits per heavy atom. The number of aromatic nitrogens is 1. The lowest BCUT2D eigenvalue weighted by atomic mass is 10.0. The topological polar surface area (TPSA) is 72.6 Å². The van der Waals surface area contributed by atoms with Gasteiger partial charge in [0.15, 0.2) is 5.76 Å². The number of rotatable bonds is 5. The van der Waals surface area contributed by atoms with Crippen LogP contribution in [0.25, 0.3) is 16.9 Å².